The average Bonchev–Trinajstić information content (AvgIpc) is 3.00. The van der Waals surface area contributed by atoms with Crippen LogP contribution in [0.2, 0.25) is 0 Å². The van der Waals surface area contributed by atoms with E-state index in [1.165, 1.54) is 32.1 Å². The van der Waals surface area contributed by atoms with Crippen LogP contribution in [0.25, 0.3) is 0 Å². The van der Waals surface area contributed by atoms with Crippen molar-refractivity contribution < 1.29 is 9.53 Å². The van der Waals surface area contributed by atoms with Gasteiger partial charge in [-0.05, 0) is 37.5 Å². The van der Waals surface area contributed by atoms with Gasteiger partial charge in [0, 0.05) is 18.3 Å². The largest absolute Gasteiger partial charge is 0.374 e. The van der Waals surface area contributed by atoms with Crippen molar-refractivity contribution in [1.82, 2.24) is 10.9 Å². The predicted octanol–water partition coefficient (Wildman–Crippen LogP) is 2.59. The molecule has 5 heteroatoms. The fraction of sp³-hybridized carbons (Fsp3) is 0.611. The quantitative estimate of drug-likeness (QED) is 0.781. The van der Waals surface area contributed by atoms with Crippen molar-refractivity contribution >= 4 is 11.6 Å². The molecule has 2 aliphatic rings. The van der Waals surface area contributed by atoms with E-state index in [4.69, 9.17) is 4.74 Å². The van der Waals surface area contributed by atoms with E-state index in [0.717, 1.165) is 11.3 Å². The highest BCUT2D eigenvalue weighted by atomic mass is 16.5. The van der Waals surface area contributed by atoms with E-state index >= 15 is 0 Å². The summed E-state index contributed by atoms with van der Waals surface area (Å²) in [5.41, 5.74) is 8.06. The summed E-state index contributed by atoms with van der Waals surface area (Å²) < 4.78 is 6.01. The van der Waals surface area contributed by atoms with Gasteiger partial charge in [0.2, 0.25) is 5.91 Å². The molecule has 126 valence electrons. The lowest BCUT2D eigenvalue weighted by Gasteiger charge is -2.22. The summed E-state index contributed by atoms with van der Waals surface area (Å²) in [6.45, 7) is 3.30. The van der Waals surface area contributed by atoms with Crippen LogP contribution in [0.4, 0.5) is 5.69 Å². The number of anilines is 1. The molecule has 0 bridgehead atoms. The Morgan fingerprint density at radius 3 is 2.87 bits per heavy atom. The molecule has 2 fully saturated rings. The lowest BCUT2D eigenvalue weighted by molar-refractivity contribution is -0.119. The van der Waals surface area contributed by atoms with E-state index in [1.54, 1.807) is 0 Å². The first-order valence-corrected chi connectivity index (χ1v) is 8.72. The molecule has 2 atom stereocenters. The molecule has 1 saturated heterocycles. The smallest absolute Gasteiger partial charge is 0.230 e. The van der Waals surface area contributed by atoms with Crippen molar-refractivity contribution in [3.63, 3.8) is 0 Å². The van der Waals surface area contributed by atoms with Crippen LogP contribution in [0.15, 0.2) is 24.3 Å². The minimum atomic E-state index is -0.0443. The van der Waals surface area contributed by atoms with Crippen LogP contribution in [0.3, 0.4) is 0 Å². The van der Waals surface area contributed by atoms with Gasteiger partial charge in [0.1, 0.15) is 0 Å². The fourth-order valence-electron chi connectivity index (χ4n) is 3.35. The van der Waals surface area contributed by atoms with E-state index in [1.807, 2.05) is 25.1 Å². The van der Waals surface area contributed by atoms with Gasteiger partial charge in [0.25, 0.3) is 0 Å². The second-order valence-corrected chi connectivity index (χ2v) is 6.68. The van der Waals surface area contributed by atoms with Crippen molar-refractivity contribution in [3.05, 3.63) is 29.8 Å². The maximum Gasteiger partial charge on any atom is 0.230 e. The lowest BCUT2D eigenvalue weighted by Crippen LogP contribution is -2.33. The predicted molar refractivity (Wildman–Crippen MR) is 90.8 cm³/mol. The zero-order valence-corrected chi connectivity index (χ0v) is 13.8. The highest BCUT2D eigenvalue weighted by Gasteiger charge is 2.29. The molecule has 0 aromatic heterocycles. The zero-order chi connectivity index (χ0) is 16.1. The first-order valence-electron chi connectivity index (χ1n) is 8.72. The summed E-state index contributed by atoms with van der Waals surface area (Å²) >= 11 is 0. The number of hydrogen-bond donors (Lipinski definition) is 3. The molecule has 1 aromatic carbocycles. The van der Waals surface area contributed by atoms with Gasteiger partial charge in [-0.15, -0.1) is 0 Å². The minimum Gasteiger partial charge on any atom is -0.374 e. The number of rotatable bonds is 5. The van der Waals surface area contributed by atoms with Gasteiger partial charge in [0.05, 0.1) is 18.6 Å². The second kappa shape index (κ2) is 7.90. The Hall–Kier alpha value is -1.43. The van der Waals surface area contributed by atoms with E-state index in [2.05, 4.69) is 22.2 Å². The number of hydrazine groups is 1. The number of amides is 1. The molecule has 1 aromatic rings. The Bertz CT molecular complexity index is 529. The summed E-state index contributed by atoms with van der Waals surface area (Å²) in [6.07, 6.45) is 6.65. The van der Waals surface area contributed by atoms with Gasteiger partial charge in [-0.2, -0.15) is 0 Å². The molecule has 1 saturated carbocycles. The molecule has 3 N–H and O–H groups in total. The van der Waals surface area contributed by atoms with Crippen LogP contribution in [-0.4, -0.2) is 24.6 Å². The number of benzene rings is 1. The van der Waals surface area contributed by atoms with Crippen LogP contribution in [-0.2, 0) is 16.1 Å². The Kier molecular flexibility index (Phi) is 5.65. The topological polar surface area (TPSA) is 62.4 Å². The molecular weight excluding hydrogens is 290 g/mol. The maximum atomic E-state index is 12.3. The van der Waals surface area contributed by atoms with Crippen LogP contribution < -0.4 is 16.2 Å². The SMILES string of the molecule is CC1NNCC1C(=O)Nc1cccc(COC2CCCCC2)c1. The molecular formula is C18H27N3O2. The van der Waals surface area contributed by atoms with E-state index < -0.39 is 0 Å². The van der Waals surface area contributed by atoms with Crippen molar-refractivity contribution in [1.29, 1.82) is 0 Å². The molecule has 0 spiro atoms. The molecule has 1 amide bonds. The van der Waals surface area contributed by atoms with Crippen LogP contribution >= 0.6 is 0 Å². The average molecular weight is 317 g/mol. The van der Waals surface area contributed by atoms with Gasteiger partial charge in [-0.3, -0.25) is 15.6 Å². The van der Waals surface area contributed by atoms with Crippen molar-refractivity contribution in [2.24, 2.45) is 5.92 Å². The summed E-state index contributed by atoms with van der Waals surface area (Å²) in [5.74, 6) is 0.0116. The van der Waals surface area contributed by atoms with Gasteiger partial charge in [-0.1, -0.05) is 31.4 Å². The lowest BCUT2D eigenvalue weighted by atomic mass is 9.98. The first kappa shape index (κ1) is 16.4. The Morgan fingerprint density at radius 1 is 1.30 bits per heavy atom. The molecule has 1 heterocycles. The third-order valence-corrected chi connectivity index (χ3v) is 4.82. The van der Waals surface area contributed by atoms with Gasteiger partial charge >= 0.3 is 0 Å². The standard InChI is InChI=1S/C18H27N3O2/c1-13-17(11-19-21-13)18(22)20-15-7-5-6-14(10-15)12-23-16-8-3-2-4-9-16/h5-7,10,13,16-17,19,21H,2-4,8-9,11-12H2,1H3,(H,20,22). The van der Waals surface area contributed by atoms with E-state index in [-0.39, 0.29) is 17.9 Å². The first-order chi connectivity index (χ1) is 11.2. The van der Waals surface area contributed by atoms with E-state index in [0.29, 0.717) is 19.3 Å². The van der Waals surface area contributed by atoms with Crippen LogP contribution in [0.1, 0.15) is 44.6 Å². The number of nitrogens with one attached hydrogen (secondary N) is 3. The maximum absolute atomic E-state index is 12.3. The van der Waals surface area contributed by atoms with Gasteiger partial charge < -0.3 is 10.1 Å². The van der Waals surface area contributed by atoms with Crippen LogP contribution in [0.5, 0.6) is 0 Å². The highest BCUT2D eigenvalue weighted by Crippen LogP contribution is 2.22. The summed E-state index contributed by atoms with van der Waals surface area (Å²) in [6, 6.07) is 8.13. The van der Waals surface area contributed by atoms with Gasteiger partial charge in [0.15, 0.2) is 0 Å². The molecule has 3 rings (SSSR count). The summed E-state index contributed by atoms with van der Waals surface area (Å²) in [7, 11) is 0. The minimum absolute atomic E-state index is 0.0443. The zero-order valence-electron chi connectivity index (χ0n) is 13.8. The van der Waals surface area contributed by atoms with Crippen LogP contribution in [0, 0.1) is 5.92 Å². The number of carbonyl (C=O) groups excluding carboxylic acids is 1. The normalized spacial score (nSPS) is 25.4. The highest BCUT2D eigenvalue weighted by molar-refractivity contribution is 5.93. The molecule has 2 unspecified atom stereocenters. The number of ether oxygens (including phenoxy) is 1. The third-order valence-electron chi connectivity index (χ3n) is 4.82. The number of carbonyl (C=O) groups is 1. The van der Waals surface area contributed by atoms with Crippen molar-refractivity contribution in [2.45, 2.75) is 57.8 Å². The molecule has 1 aliphatic carbocycles. The molecule has 5 nitrogen and oxygen atoms in total. The Balaban J connectivity index is 1.53. The monoisotopic (exact) mass is 317 g/mol. The Morgan fingerprint density at radius 2 is 2.13 bits per heavy atom. The molecule has 1 aliphatic heterocycles. The summed E-state index contributed by atoms with van der Waals surface area (Å²) in [4.78, 5) is 12.3. The summed E-state index contributed by atoms with van der Waals surface area (Å²) in [5, 5.41) is 3.02. The molecule has 0 radical (unpaired) electrons. The van der Waals surface area contributed by atoms with E-state index in [9.17, 15) is 4.79 Å². The third kappa shape index (κ3) is 4.53. The van der Waals surface area contributed by atoms with Crippen molar-refractivity contribution in [3.8, 4) is 0 Å². The number of hydrogen-bond acceptors (Lipinski definition) is 4. The van der Waals surface area contributed by atoms with Crippen molar-refractivity contribution in [2.75, 3.05) is 11.9 Å². The second-order valence-electron chi connectivity index (χ2n) is 6.68. The van der Waals surface area contributed by atoms with Gasteiger partial charge in [-0.25, -0.2) is 0 Å². The molecule has 23 heavy (non-hydrogen) atoms. The fourth-order valence-corrected chi connectivity index (χ4v) is 3.35. The Labute approximate surface area is 138 Å².